The van der Waals surface area contributed by atoms with Crippen molar-refractivity contribution < 1.29 is 4.79 Å². The number of rotatable bonds is 3. The number of amides is 1. The summed E-state index contributed by atoms with van der Waals surface area (Å²) in [6, 6.07) is 3.62. The number of nitrogens with zero attached hydrogens (tertiary/aromatic N) is 2. The Labute approximate surface area is 165 Å². The van der Waals surface area contributed by atoms with Crippen LogP contribution in [-0.2, 0) is 24.2 Å². The topological polar surface area (TPSA) is 59.0 Å². The van der Waals surface area contributed by atoms with E-state index in [-0.39, 0.29) is 12.5 Å². The minimum absolute atomic E-state index is 0.118. The fourth-order valence-corrected chi connectivity index (χ4v) is 4.73. The predicted octanol–water partition coefficient (Wildman–Crippen LogP) is 4.04. The number of carbonyl (C=O) groups is 1. The number of fused-ring (bicyclic) bond motifs is 3. The molecule has 4 rings (SSSR count). The second-order valence-corrected chi connectivity index (χ2v) is 8.39. The van der Waals surface area contributed by atoms with E-state index < -0.39 is 0 Å². The number of benzene rings is 1. The SMILES string of the molecule is Cc1cnc(NC(=O)Cn2c3c(c4c(Cl)ccc(Cl)c42)CCNCC3)s1. The zero-order valence-electron chi connectivity index (χ0n) is 14.2. The lowest BCUT2D eigenvalue weighted by Gasteiger charge is -2.11. The van der Waals surface area contributed by atoms with Crippen molar-refractivity contribution in [2.45, 2.75) is 26.3 Å². The molecule has 0 bridgehead atoms. The van der Waals surface area contributed by atoms with Crippen LogP contribution in [-0.4, -0.2) is 28.5 Å². The number of aryl methyl sites for hydroxylation is 1. The number of hydrogen-bond donors (Lipinski definition) is 2. The summed E-state index contributed by atoms with van der Waals surface area (Å²) in [6.45, 7) is 3.90. The molecular weight excluding hydrogens is 391 g/mol. The highest BCUT2D eigenvalue weighted by molar-refractivity contribution is 7.15. The van der Waals surface area contributed by atoms with Gasteiger partial charge in [0.15, 0.2) is 5.13 Å². The van der Waals surface area contributed by atoms with E-state index >= 15 is 0 Å². The normalized spacial score (nSPS) is 14.3. The van der Waals surface area contributed by atoms with E-state index in [1.165, 1.54) is 16.9 Å². The van der Waals surface area contributed by atoms with Crippen molar-refractivity contribution in [1.82, 2.24) is 14.9 Å². The van der Waals surface area contributed by atoms with Gasteiger partial charge in [-0.25, -0.2) is 4.98 Å². The maximum absolute atomic E-state index is 12.6. The van der Waals surface area contributed by atoms with E-state index in [1.54, 1.807) is 12.3 Å². The molecule has 2 aromatic heterocycles. The number of aromatic nitrogens is 2. The molecule has 1 aliphatic rings. The summed E-state index contributed by atoms with van der Waals surface area (Å²) < 4.78 is 2.02. The fraction of sp³-hybridized carbons (Fsp3) is 0.333. The first-order valence-electron chi connectivity index (χ1n) is 8.45. The molecule has 0 radical (unpaired) electrons. The molecule has 26 heavy (non-hydrogen) atoms. The average molecular weight is 409 g/mol. The number of hydrogen-bond acceptors (Lipinski definition) is 4. The Morgan fingerprint density at radius 1 is 1.31 bits per heavy atom. The summed E-state index contributed by atoms with van der Waals surface area (Å²) in [5, 5.41) is 9.15. The lowest BCUT2D eigenvalue weighted by Crippen LogP contribution is -2.21. The maximum Gasteiger partial charge on any atom is 0.246 e. The molecule has 0 fully saturated rings. The predicted molar refractivity (Wildman–Crippen MR) is 108 cm³/mol. The molecule has 5 nitrogen and oxygen atoms in total. The largest absolute Gasteiger partial charge is 0.334 e. The lowest BCUT2D eigenvalue weighted by molar-refractivity contribution is -0.116. The Hall–Kier alpha value is -1.60. The van der Waals surface area contributed by atoms with Gasteiger partial charge in [-0.2, -0.15) is 0 Å². The van der Waals surface area contributed by atoms with Gasteiger partial charge in [0.25, 0.3) is 0 Å². The minimum Gasteiger partial charge on any atom is -0.334 e. The van der Waals surface area contributed by atoms with Crippen LogP contribution >= 0.6 is 34.5 Å². The van der Waals surface area contributed by atoms with Gasteiger partial charge in [0.2, 0.25) is 5.91 Å². The zero-order chi connectivity index (χ0) is 18.3. The van der Waals surface area contributed by atoms with E-state index in [2.05, 4.69) is 15.6 Å². The van der Waals surface area contributed by atoms with Crippen molar-refractivity contribution >= 4 is 56.5 Å². The molecule has 1 aromatic carbocycles. The van der Waals surface area contributed by atoms with Crippen LogP contribution in [0.4, 0.5) is 5.13 Å². The smallest absolute Gasteiger partial charge is 0.246 e. The third-order valence-corrected chi connectivity index (χ3v) is 6.03. The highest BCUT2D eigenvalue weighted by Gasteiger charge is 2.23. The monoisotopic (exact) mass is 408 g/mol. The third kappa shape index (κ3) is 3.22. The van der Waals surface area contributed by atoms with Gasteiger partial charge >= 0.3 is 0 Å². The van der Waals surface area contributed by atoms with Crippen LogP contribution in [0.3, 0.4) is 0 Å². The number of carbonyl (C=O) groups excluding carboxylic acids is 1. The molecule has 0 spiro atoms. The van der Waals surface area contributed by atoms with E-state index in [9.17, 15) is 4.79 Å². The Morgan fingerprint density at radius 3 is 2.85 bits per heavy atom. The van der Waals surface area contributed by atoms with E-state index in [1.807, 2.05) is 17.6 Å². The molecule has 136 valence electrons. The molecule has 2 N–H and O–H groups in total. The minimum atomic E-state index is -0.118. The van der Waals surface area contributed by atoms with Gasteiger partial charge in [-0.3, -0.25) is 4.79 Å². The van der Waals surface area contributed by atoms with Crippen molar-refractivity contribution in [2.24, 2.45) is 0 Å². The average Bonchev–Trinajstić information content (AvgIpc) is 3.03. The highest BCUT2D eigenvalue weighted by atomic mass is 35.5. The Morgan fingerprint density at radius 2 is 2.08 bits per heavy atom. The summed E-state index contributed by atoms with van der Waals surface area (Å²) >= 11 is 14.5. The van der Waals surface area contributed by atoms with Crippen molar-refractivity contribution in [2.75, 3.05) is 18.4 Å². The van der Waals surface area contributed by atoms with Gasteiger partial charge in [-0.15, -0.1) is 11.3 Å². The molecule has 1 amide bonds. The van der Waals surface area contributed by atoms with Gasteiger partial charge in [-0.1, -0.05) is 23.2 Å². The molecular formula is C18H18Cl2N4OS. The van der Waals surface area contributed by atoms with Crippen LogP contribution in [0, 0.1) is 6.92 Å². The molecule has 0 aliphatic carbocycles. The van der Waals surface area contributed by atoms with E-state index in [0.717, 1.165) is 47.4 Å². The van der Waals surface area contributed by atoms with Crippen LogP contribution < -0.4 is 10.6 Å². The van der Waals surface area contributed by atoms with Crippen molar-refractivity contribution in [3.05, 3.63) is 44.5 Å². The first-order chi connectivity index (χ1) is 12.5. The molecule has 1 aliphatic heterocycles. The fourth-order valence-electron chi connectivity index (χ4n) is 3.52. The molecule has 0 atom stereocenters. The Kier molecular flexibility index (Phi) is 4.92. The van der Waals surface area contributed by atoms with Crippen LogP contribution in [0.25, 0.3) is 10.9 Å². The molecule has 3 aromatic rings. The number of halogens is 2. The van der Waals surface area contributed by atoms with Crippen molar-refractivity contribution in [3.63, 3.8) is 0 Å². The number of nitrogens with one attached hydrogen (secondary N) is 2. The first-order valence-corrected chi connectivity index (χ1v) is 10.0. The number of anilines is 1. The Balaban J connectivity index is 1.77. The molecule has 0 saturated heterocycles. The van der Waals surface area contributed by atoms with E-state index in [0.29, 0.717) is 15.2 Å². The van der Waals surface area contributed by atoms with Crippen molar-refractivity contribution in [1.29, 1.82) is 0 Å². The third-order valence-electron chi connectivity index (χ3n) is 4.58. The van der Waals surface area contributed by atoms with Crippen LogP contribution in [0.1, 0.15) is 16.1 Å². The van der Waals surface area contributed by atoms with Gasteiger partial charge < -0.3 is 15.2 Å². The summed E-state index contributed by atoms with van der Waals surface area (Å²) in [5.41, 5.74) is 3.16. The van der Waals surface area contributed by atoms with Gasteiger partial charge in [0.1, 0.15) is 6.54 Å². The second kappa shape index (κ2) is 7.19. The summed E-state index contributed by atoms with van der Waals surface area (Å²) in [5.74, 6) is -0.118. The maximum atomic E-state index is 12.6. The summed E-state index contributed by atoms with van der Waals surface area (Å²) in [4.78, 5) is 17.9. The van der Waals surface area contributed by atoms with Crippen LogP contribution in [0.2, 0.25) is 10.0 Å². The van der Waals surface area contributed by atoms with Gasteiger partial charge in [-0.05, 0) is 37.6 Å². The quantitative estimate of drug-likeness (QED) is 0.687. The van der Waals surface area contributed by atoms with Gasteiger partial charge in [0.05, 0.1) is 15.6 Å². The van der Waals surface area contributed by atoms with E-state index in [4.69, 9.17) is 23.2 Å². The molecule has 8 heteroatoms. The first kappa shape index (κ1) is 17.8. The number of thiazole rings is 1. The highest BCUT2D eigenvalue weighted by Crippen LogP contribution is 2.37. The standard InChI is InChI=1S/C18H18Cl2N4OS/c1-10-8-22-18(26-10)23-15(25)9-24-14-5-7-21-6-4-11(14)16-12(19)2-3-13(20)17(16)24/h2-3,8,21H,4-7,9H2,1H3,(H,22,23,25). The summed E-state index contributed by atoms with van der Waals surface area (Å²) in [7, 11) is 0. The van der Waals surface area contributed by atoms with Gasteiger partial charge in [0, 0.05) is 35.1 Å². The summed E-state index contributed by atoms with van der Waals surface area (Å²) in [6.07, 6.45) is 3.45. The molecule has 0 unspecified atom stereocenters. The Bertz CT molecular complexity index is 995. The molecule has 0 saturated carbocycles. The van der Waals surface area contributed by atoms with Crippen LogP contribution in [0.15, 0.2) is 18.3 Å². The lowest BCUT2D eigenvalue weighted by atomic mass is 10.1. The second-order valence-electron chi connectivity index (χ2n) is 6.34. The zero-order valence-corrected chi connectivity index (χ0v) is 16.6. The van der Waals surface area contributed by atoms with Crippen molar-refractivity contribution in [3.8, 4) is 0 Å². The molecule has 3 heterocycles. The van der Waals surface area contributed by atoms with Crippen LogP contribution in [0.5, 0.6) is 0 Å².